The third kappa shape index (κ3) is 5.12. The Morgan fingerprint density at radius 2 is 0.933 bits per heavy atom. The third-order valence-corrected chi connectivity index (χ3v) is 9.05. The molecule has 0 bridgehead atoms. The lowest BCUT2D eigenvalue weighted by Gasteiger charge is -2.26. The van der Waals surface area contributed by atoms with Crippen LogP contribution in [-0.4, -0.2) is 0 Å². The van der Waals surface area contributed by atoms with Crippen LogP contribution in [-0.2, 0) is 0 Å². The van der Waals surface area contributed by atoms with Crippen molar-refractivity contribution < 1.29 is 0 Å². The summed E-state index contributed by atoms with van der Waals surface area (Å²) in [6.45, 7) is 0. The van der Waals surface area contributed by atoms with E-state index in [2.05, 4.69) is 157 Å². The van der Waals surface area contributed by atoms with Gasteiger partial charge in [0.1, 0.15) is 0 Å². The van der Waals surface area contributed by atoms with Crippen molar-refractivity contribution in [2.45, 2.75) is 5.92 Å². The van der Waals surface area contributed by atoms with Gasteiger partial charge in [0.05, 0.1) is 0 Å². The predicted octanol–water partition coefficient (Wildman–Crippen LogP) is 12.3. The van der Waals surface area contributed by atoms with Crippen molar-refractivity contribution in [2.75, 3.05) is 4.90 Å². The van der Waals surface area contributed by atoms with E-state index in [1.807, 2.05) is 24.3 Å². The topological polar surface area (TPSA) is 3.24 Å². The number of nitrogens with zero attached hydrogens (tertiary/aromatic N) is 1. The van der Waals surface area contributed by atoms with Crippen LogP contribution in [0.3, 0.4) is 0 Å². The zero-order valence-electron chi connectivity index (χ0n) is 24.6. The van der Waals surface area contributed by atoms with Crippen LogP contribution in [0.15, 0.2) is 176 Å². The van der Waals surface area contributed by atoms with Crippen LogP contribution in [0.1, 0.15) is 22.6 Å². The molecule has 8 rings (SSSR count). The van der Waals surface area contributed by atoms with Crippen LogP contribution >= 0.6 is 11.6 Å². The summed E-state index contributed by atoms with van der Waals surface area (Å²) in [6.07, 6.45) is 0. The maximum atomic E-state index is 6.48. The molecule has 0 amide bonds. The van der Waals surface area contributed by atoms with Crippen LogP contribution in [0.5, 0.6) is 0 Å². The normalized spacial score (nSPS) is 13.2. The average molecular weight is 596 g/mol. The Labute approximate surface area is 269 Å². The highest BCUT2D eigenvalue weighted by Crippen LogP contribution is 2.49. The van der Waals surface area contributed by atoms with E-state index in [1.165, 1.54) is 50.1 Å². The van der Waals surface area contributed by atoms with Gasteiger partial charge < -0.3 is 4.90 Å². The minimum absolute atomic E-state index is 0.258. The number of benzene rings is 7. The van der Waals surface area contributed by atoms with Crippen LogP contribution < -0.4 is 4.90 Å². The van der Waals surface area contributed by atoms with Gasteiger partial charge in [0.25, 0.3) is 0 Å². The molecule has 0 aliphatic heterocycles. The number of hydrogen-bond acceptors (Lipinski definition) is 1. The Balaban J connectivity index is 1.16. The Hall–Kier alpha value is -5.37. The summed E-state index contributed by atoms with van der Waals surface area (Å²) in [5.74, 6) is 0.258. The summed E-state index contributed by atoms with van der Waals surface area (Å²) in [7, 11) is 0. The van der Waals surface area contributed by atoms with Gasteiger partial charge in [-0.15, -0.1) is 0 Å². The summed E-state index contributed by atoms with van der Waals surface area (Å²) in [4.78, 5) is 2.26. The highest BCUT2D eigenvalue weighted by molar-refractivity contribution is 6.30. The van der Waals surface area contributed by atoms with E-state index < -0.39 is 0 Å². The molecule has 1 unspecified atom stereocenters. The molecule has 1 aliphatic carbocycles. The summed E-state index contributed by atoms with van der Waals surface area (Å²) in [6, 6.07) is 62.7. The molecule has 7 aromatic rings. The maximum Gasteiger partial charge on any atom is 0.0476 e. The Morgan fingerprint density at radius 1 is 0.378 bits per heavy atom. The van der Waals surface area contributed by atoms with Crippen LogP contribution in [0, 0.1) is 0 Å². The molecular weight excluding hydrogens is 566 g/mol. The number of halogens is 1. The smallest absolute Gasteiger partial charge is 0.0476 e. The molecule has 214 valence electrons. The second kappa shape index (κ2) is 11.6. The molecule has 0 fully saturated rings. The number of hydrogen-bond donors (Lipinski definition) is 0. The van der Waals surface area contributed by atoms with Crippen molar-refractivity contribution in [3.8, 4) is 33.4 Å². The van der Waals surface area contributed by atoms with E-state index in [9.17, 15) is 0 Å². The first-order chi connectivity index (χ1) is 22.2. The molecule has 0 aromatic heterocycles. The van der Waals surface area contributed by atoms with Gasteiger partial charge in [0.15, 0.2) is 0 Å². The van der Waals surface area contributed by atoms with Crippen molar-refractivity contribution in [1.29, 1.82) is 0 Å². The van der Waals surface area contributed by atoms with Gasteiger partial charge >= 0.3 is 0 Å². The lowest BCUT2D eigenvalue weighted by atomic mass is 9.89. The van der Waals surface area contributed by atoms with E-state index in [0.717, 1.165) is 17.1 Å². The standard InChI is InChI=1S/C43H30ClN/c44-35-14-9-15-38(29-35)45(36-23-18-31(19-24-36)30-10-3-1-4-11-30)37-25-20-32(21-26-37)34-22-27-41-42(28-34)39-16-7-8-17-40(39)43(41)33-12-5-2-6-13-33/h1-29,43H. The Bertz CT molecular complexity index is 2100. The van der Waals surface area contributed by atoms with E-state index in [0.29, 0.717) is 5.02 Å². The minimum atomic E-state index is 0.258. The van der Waals surface area contributed by atoms with Crippen LogP contribution in [0.2, 0.25) is 5.02 Å². The molecule has 7 aromatic carbocycles. The molecule has 1 atom stereocenters. The lowest BCUT2D eigenvalue weighted by molar-refractivity contribution is 1.02. The third-order valence-electron chi connectivity index (χ3n) is 8.82. The molecule has 1 aliphatic rings. The zero-order chi connectivity index (χ0) is 30.2. The number of anilines is 3. The van der Waals surface area contributed by atoms with Gasteiger partial charge in [-0.1, -0.05) is 139 Å². The SMILES string of the molecule is Clc1cccc(N(c2ccc(-c3ccccc3)cc2)c2ccc(-c3ccc4c(c3)-c3ccccc3C4c3ccccc3)cc2)c1. The van der Waals surface area contributed by atoms with Crippen molar-refractivity contribution in [3.05, 3.63) is 198 Å². The van der Waals surface area contributed by atoms with Crippen LogP contribution in [0.4, 0.5) is 17.1 Å². The molecule has 1 nitrogen and oxygen atoms in total. The molecule has 45 heavy (non-hydrogen) atoms. The first kappa shape index (κ1) is 27.2. The quantitative estimate of drug-likeness (QED) is 0.185. The Morgan fingerprint density at radius 3 is 1.62 bits per heavy atom. The molecule has 0 N–H and O–H groups in total. The van der Waals surface area contributed by atoms with Gasteiger partial charge in [-0.2, -0.15) is 0 Å². The first-order valence-corrected chi connectivity index (χ1v) is 15.7. The first-order valence-electron chi connectivity index (χ1n) is 15.3. The monoisotopic (exact) mass is 595 g/mol. The summed E-state index contributed by atoms with van der Waals surface area (Å²) < 4.78 is 0. The largest absolute Gasteiger partial charge is 0.310 e. The summed E-state index contributed by atoms with van der Waals surface area (Å²) >= 11 is 6.48. The zero-order valence-corrected chi connectivity index (χ0v) is 25.4. The Kier molecular flexibility index (Phi) is 7.02. The second-order valence-corrected chi connectivity index (χ2v) is 11.9. The number of fused-ring (bicyclic) bond motifs is 3. The lowest BCUT2D eigenvalue weighted by Crippen LogP contribution is -2.09. The van der Waals surface area contributed by atoms with Crippen molar-refractivity contribution >= 4 is 28.7 Å². The molecule has 0 saturated heterocycles. The fourth-order valence-corrected chi connectivity index (χ4v) is 6.87. The minimum Gasteiger partial charge on any atom is -0.310 e. The fourth-order valence-electron chi connectivity index (χ4n) is 6.69. The van der Waals surface area contributed by atoms with E-state index in [-0.39, 0.29) is 5.92 Å². The van der Waals surface area contributed by atoms with Crippen molar-refractivity contribution in [1.82, 2.24) is 0 Å². The van der Waals surface area contributed by atoms with Gasteiger partial charge in [-0.25, -0.2) is 0 Å². The predicted molar refractivity (Wildman–Crippen MR) is 190 cm³/mol. The number of rotatable bonds is 6. The maximum absolute atomic E-state index is 6.48. The second-order valence-electron chi connectivity index (χ2n) is 11.5. The van der Waals surface area contributed by atoms with E-state index >= 15 is 0 Å². The highest BCUT2D eigenvalue weighted by Gasteiger charge is 2.29. The molecule has 2 heteroatoms. The summed E-state index contributed by atoms with van der Waals surface area (Å²) in [5.41, 5.74) is 14.7. The molecular formula is C43H30ClN. The highest BCUT2D eigenvalue weighted by atomic mass is 35.5. The average Bonchev–Trinajstić information content (AvgIpc) is 3.44. The van der Waals surface area contributed by atoms with Crippen molar-refractivity contribution in [2.24, 2.45) is 0 Å². The van der Waals surface area contributed by atoms with Gasteiger partial charge in [-0.3, -0.25) is 0 Å². The van der Waals surface area contributed by atoms with Gasteiger partial charge in [0.2, 0.25) is 0 Å². The molecule has 0 radical (unpaired) electrons. The fraction of sp³-hybridized carbons (Fsp3) is 0.0233. The summed E-state index contributed by atoms with van der Waals surface area (Å²) in [5, 5.41) is 0.710. The van der Waals surface area contributed by atoms with Crippen molar-refractivity contribution in [3.63, 3.8) is 0 Å². The van der Waals surface area contributed by atoms with Crippen LogP contribution in [0.25, 0.3) is 33.4 Å². The van der Waals surface area contributed by atoms with Gasteiger partial charge in [0, 0.05) is 28.0 Å². The molecule has 0 spiro atoms. The van der Waals surface area contributed by atoms with E-state index in [1.54, 1.807) is 0 Å². The molecule has 0 heterocycles. The van der Waals surface area contributed by atoms with Gasteiger partial charge in [-0.05, 0) is 98.6 Å². The van der Waals surface area contributed by atoms with E-state index in [4.69, 9.17) is 11.6 Å². The molecule has 0 saturated carbocycles.